The number of rotatable bonds is 6. The molecular weight excluding hydrogens is 418 g/mol. The Morgan fingerprint density at radius 2 is 1.91 bits per heavy atom. The summed E-state index contributed by atoms with van der Waals surface area (Å²) in [5.74, 6) is -1.04. The molecule has 3 atom stereocenters. The highest BCUT2D eigenvalue weighted by molar-refractivity contribution is 6.09. The molecule has 4 N–H and O–H groups in total. The van der Waals surface area contributed by atoms with E-state index >= 15 is 0 Å². The van der Waals surface area contributed by atoms with Crippen molar-refractivity contribution >= 4 is 34.4 Å². The van der Waals surface area contributed by atoms with E-state index < -0.39 is 18.0 Å². The summed E-state index contributed by atoms with van der Waals surface area (Å²) in [6.45, 7) is 4.06. The topological polar surface area (TPSA) is 117 Å². The summed E-state index contributed by atoms with van der Waals surface area (Å²) in [6, 6.07) is 15.4. The second-order valence-corrected chi connectivity index (χ2v) is 8.19. The molecule has 0 spiro atoms. The van der Waals surface area contributed by atoms with Crippen LogP contribution in [0.2, 0.25) is 0 Å². The number of carbonyl (C=O) groups is 3. The summed E-state index contributed by atoms with van der Waals surface area (Å²) in [5, 5.41) is 7.72. The number of amides is 4. The number of anilines is 1. The third-order valence-corrected chi connectivity index (χ3v) is 5.98. The van der Waals surface area contributed by atoms with Crippen LogP contribution in [0.3, 0.4) is 0 Å². The van der Waals surface area contributed by atoms with Crippen LogP contribution in [0.1, 0.15) is 31.0 Å². The molecule has 8 nitrogen and oxygen atoms in total. The van der Waals surface area contributed by atoms with Crippen LogP contribution >= 0.6 is 0 Å². The van der Waals surface area contributed by atoms with Gasteiger partial charge in [0, 0.05) is 12.7 Å². The summed E-state index contributed by atoms with van der Waals surface area (Å²) in [4.78, 5) is 43.8. The van der Waals surface area contributed by atoms with Crippen LogP contribution in [0.25, 0.3) is 10.8 Å². The standard InChI is InChI=1S/C25H27N5O3/c1-3-27-23(31)22-20(13-16-11-12-28-21(26)14-16)24(32)30(22)25(33)29-15(2)18-10-6-8-17-7-4-5-9-19(17)18/h4-12,14-15,20,22H,3,13H2,1-2H3,(H2,26,28)(H,27,31)(H,29,33)/t15?,20-,22+/m1/s1. The highest BCUT2D eigenvalue weighted by Gasteiger charge is 2.54. The Morgan fingerprint density at radius 3 is 2.67 bits per heavy atom. The van der Waals surface area contributed by atoms with Gasteiger partial charge in [-0.2, -0.15) is 0 Å². The van der Waals surface area contributed by atoms with Crippen LogP contribution in [0.4, 0.5) is 10.6 Å². The Morgan fingerprint density at radius 1 is 1.15 bits per heavy atom. The molecule has 170 valence electrons. The number of likely N-dealkylation sites (N-methyl/N-ethyl adjacent to an activating group) is 1. The predicted octanol–water partition coefficient (Wildman–Crippen LogP) is 2.79. The Balaban J connectivity index is 1.54. The van der Waals surface area contributed by atoms with Gasteiger partial charge in [-0.25, -0.2) is 9.78 Å². The molecule has 2 aromatic carbocycles. The average molecular weight is 446 g/mol. The fourth-order valence-electron chi connectivity index (χ4n) is 4.39. The normalized spacial score (nSPS) is 18.5. The highest BCUT2D eigenvalue weighted by atomic mass is 16.2. The maximum Gasteiger partial charge on any atom is 0.325 e. The van der Waals surface area contributed by atoms with Gasteiger partial charge in [-0.05, 0) is 54.3 Å². The number of benzene rings is 2. The van der Waals surface area contributed by atoms with Crippen LogP contribution in [-0.4, -0.2) is 40.3 Å². The number of nitrogens with one attached hydrogen (secondary N) is 2. The number of aromatic nitrogens is 1. The molecule has 8 heteroatoms. The molecule has 1 saturated heterocycles. The molecule has 1 aliphatic rings. The molecule has 33 heavy (non-hydrogen) atoms. The van der Waals surface area contributed by atoms with Gasteiger partial charge in [0.2, 0.25) is 11.8 Å². The molecule has 1 unspecified atom stereocenters. The van der Waals surface area contributed by atoms with Crippen molar-refractivity contribution in [1.29, 1.82) is 0 Å². The molecule has 0 radical (unpaired) electrons. The molecule has 1 aliphatic heterocycles. The Labute approximate surface area is 192 Å². The lowest BCUT2D eigenvalue weighted by Crippen LogP contribution is -2.70. The zero-order valence-electron chi connectivity index (χ0n) is 18.6. The van der Waals surface area contributed by atoms with Crippen molar-refractivity contribution < 1.29 is 14.4 Å². The number of nitrogens with zero attached hydrogens (tertiary/aromatic N) is 2. The van der Waals surface area contributed by atoms with Crippen molar-refractivity contribution in [3.8, 4) is 0 Å². The minimum Gasteiger partial charge on any atom is -0.384 e. The lowest BCUT2D eigenvalue weighted by atomic mass is 9.82. The number of nitrogen functional groups attached to an aromatic ring is 1. The van der Waals surface area contributed by atoms with Crippen molar-refractivity contribution in [2.24, 2.45) is 5.92 Å². The van der Waals surface area contributed by atoms with Crippen molar-refractivity contribution in [2.75, 3.05) is 12.3 Å². The number of likely N-dealkylation sites (tertiary alicyclic amines) is 1. The maximum absolute atomic E-state index is 13.1. The van der Waals surface area contributed by atoms with Gasteiger partial charge in [0.25, 0.3) is 0 Å². The molecule has 0 aliphatic carbocycles. The lowest BCUT2D eigenvalue weighted by Gasteiger charge is -2.44. The van der Waals surface area contributed by atoms with E-state index in [1.165, 1.54) is 0 Å². The Kier molecular flexibility index (Phi) is 6.26. The molecule has 2 heterocycles. The molecule has 0 bridgehead atoms. The minimum atomic E-state index is -0.883. The molecule has 0 saturated carbocycles. The van der Waals surface area contributed by atoms with E-state index in [9.17, 15) is 14.4 Å². The van der Waals surface area contributed by atoms with Gasteiger partial charge >= 0.3 is 6.03 Å². The van der Waals surface area contributed by atoms with Gasteiger partial charge < -0.3 is 16.4 Å². The van der Waals surface area contributed by atoms with Crippen molar-refractivity contribution in [3.63, 3.8) is 0 Å². The largest absolute Gasteiger partial charge is 0.384 e. The van der Waals surface area contributed by atoms with Gasteiger partial charge in [0.1, 0.15) is 11.9 Å². The van der Waals surface area contributed by atoms with Gasteiger partial charge in [0.15, 0.2) is 0 Å². The quantitative estimate of drug-likeness (QED) is 0.505. The number of imide groups is 1. The summed E-state index contributed by atoms with van der Waals surface area (Å²) in [5.41, 5.74) is 7.47. The highest BCUT2D eigenvalue weighted by Crippen LogP contribution is 2.32. The first-order valence-electron chi connectivity index (χ1n) is 11.0. The van der Waals surface area contributed by atoms with Crippen LogP contribution < -0.4 is 16.4 Å². The predicted molar refractivity (Wildman–Crippen MR) is 126 cm³/mol. The fourth-order valence-corrected chi connectivity index (χ4v) is 4.39. The SMILES string of the molecule is CCNC(=O)[C@@H]1[C@@H](Cc2ccnc(N)c2)C(=O)N1C(=O)NC(C)c1cccc2ccccc12. The number of pyridine rings is 1. The van der Waals surface area contributed by atoms with Gasteiger partial charge in [-0.3, -0.25) is 14.5 Å². The van der Waals surface area contributed by atoms with E-state index in [1.807, 2.05) is 49.4 Å². The second-order valence-electron chi connectivity index (χ2n) is 8.19. The maximum atomic E-state index is 13.1. The zero-order chi connectivity index (χ0) is 23.5. The molecular formula is C25H27N5O3. The summed E-state index contributed by atoms with van der Waals surface area (Å²) in [6.07, 6.45) is 1.86. The average Bonchev–Trinajstić information content (AvgIpc) is 2.80. The minimum absolute atomic E-state index is 0.302. The first-order valence-corrected chi connectivity index (χ1v) is 11.0. The zero-order valence-corrected chi connectivity index (χ0v) is 18.6. The number of fused-ring (bicyclic) bond motifs is 1. The molecule has 4 amide bonds. The first kappa shape index (κ1) is 22.3. The fraction of sp³-hybridized carbons (Fsp3) is 0.280. The van der Waals surface area contributed by atoms with E-state index in [-0.39, 0.29) is 17.9 Å². The van der Waals surface area contributed by atoms with Crippen LogP contribution in [0.5, 0.6) is 0 Å². The van der Waals surface area contributed by atoms with E-state index in [0.717, 1.165) is 26.8 Å². The third kappa shape index (κ3) is 4.37. The van der Waals surface area contributed by atoms with Crippen LogP contribution in [0, 0.1) is 5.92 Å². The van der Waals surface area contributed by atoms with E-state index in [0.29, 0.717) is 18.8 Å². The third-order valence-electron chi connectivity index (χ3n) is 5.98. The first-order chi connectivity index (χ1) is 15.9. The Hall–Kier alpha value is -3.94. The van der Waals surface area contributed by atoms with Gasteiger partial charge in [-0.1, -0.05) is 42.5 Å². The Bertz CT molecular complexity index is 1210. The monoisotopic (exact) mass is 445 g/mol. The molecule has 1 aromatic heterocycles. The van der Waals surface area contributed by atoms with Gasteiger partial charge in [0.05, 0.1) is 12.0 Å². The lowest BCUT2D eigenvalue weighted by molar-refractivity contribution is -0.157. The summed E-state index contributed by atoms with van der Waals surface area (Å²) in [7, 11) is 0. The number of β-lactam (4-membered cyclic amide) rings is 1. The summed E-state index contributed by atoms with van der Waals surface area (Å²) < 4.78 is 0. The van der Waals surface area contributed by atoms with Crippen molar-refractivity contribution in [2.45, 2.75) is 32.4 Å². The number of hydrogen-bond donors (Lipinski definition) is 3. The van der Waals surface area contributed by atoms with Crippen LogP contribution in [-0.2, 0) is 16.0 Å². The molecule has 4 rings (SSSR count). The van der Waals surface area contributed by atoms with Crippen molar-refractivity contribution in [3.05, 3.63) is 71.9 Å². The smallest absolute Gasteiger partial charge is 0.325 e. The second kappa shape index (κ2) is 9.28. The van der Waals surface area contributed by atoms with Crippen molar-refractivity contribution in [1.82, 2.24) is 20.5 Å². The van der Waals surface area contributed by atoms with E-state index in [1.54, 1.807) is 25.3 Å². The van der Waals surface area contributed by atoms with E-state index in [2.05, 4.69) is 15.6 Å². The number of carbonyl (C=O) groups excluding carboxylic acids is 3. The number of nitrogens with two attached hydrogens (primary N) is 1. The van der Waals surface area contributed by atoms with E-state index in [4.69, 9.17) is 5.73 Å². The molecule has 1 fully saturated rings. The van der Waals surface area contributed by atoms with Crippen LogP contribution in [0.15, 0.2) is 60.8 Å². The van der Waals surface area contributed by atoms with Gasteiger partial charge in [-0.15, -0.1) is 0 Å². The number of hydrogen-bond acceptors (Lipinski definition) is 5. The molecule has 3 aromatic rings. The summed E-state index contributed by atoms with van der Waals surface area (Å²) >= 11 is 0. The number of urea groups is 1.